The highest BCUT2D eigenvalue weighted by Gasteiger charge is 2.60. The van der Waals surface area contributed by atoms with Crippen LogP contribution in [0, 0.1) is 41.4 Å². The summed E-state index contributed by atoms with van der Waals surface area (Å²) < 4.78 is 5.34. The molecule has 2 nitrogen and oxygen atoms in total. The number of allylic oxidation sites excluding steroid dienone is 2. The third-order valence-electron chi connectivity index (χ3n) is 6.20. The van der Waals surface area contributed by atoms with Gasteiger partial charge in [-0.25, -0.2) is 0 Å². The van der Waals surface area contributed by atoms with Crippen LogP contribution in [0.25, 0.3) is 0 Å². The van der Waals surface area contributed by atoms with E-state index >= 15 is 0 Å². The molecule has 0 aromatic heterocycles. The molecule has 7 atom stereocenters. The summed E-state index contributed by atoms with van der Waals surface area (Å²) >= 11 is 0. The number of ether oxygens (including phenoxy) is 1. The number of rotatable bonds is 3. The largest absolute Gasteiger partial charge is 0.463 e. The van der Waals surface area contributed by atoms with E-state index in [9.17, 15) is 4.79 Å². The van der Waals surface area contributed by atoms with E-state index in [0.29, 0.717) is 12.3 Å². The maximum atomic E-state index is 11.9. The molecule has 4 aliphatic rings. The Morgan fingerprint density at radius 3 is 2.63 bits per heavy atom. The predicted molar refractivity (Wildman–Crippen MR) is 73.3 cm³/mol. The summed E-state index contributed by atoms with van der Waals surface area (Å²) in [7, 11) is 0. The van der Waals surface area contributed by atoms with Crippen molar-refractivity contribution in [2.45, 2.75) is 45.6 Å². The van der Waals surface area contributed by atoms with Crippen molar-refractivity contribution < 1.29 is 9.53 Å². The summed E-state index contributed by atoms with van der Waals surface area (Å²) in [4.78, 5) is 11.9. The van der Waals surface area contributed by atoms with Gasteiger partial charge in [0.15, 0.2) is 0 Å². The number of hydrogen-bond acceptors (Lipinski definition) is 2. The summed E-state index contributed by atoms with van der Waals surface area (Å²) in [6.07, 6.45) is 9.74. The lowest BCUT2D eigenvalue weighted by Crippen LogP contribution is -2.32. The topological polar surface area (TPSA) is 26.3 Å². The number of esters is 1. The summed E-state index contributed by atoms with van der Waals surface area (Å²) in [5.41, 5.74) is 0. The molecule has 0 spiro atoms. The smallest absolute Gasteiger partial charge is 0.306 e. The first kappa shape index (κ1) is 12.0. The van der Waals surface area contributed by atoms with Crippen LogP contribution in [0.15, 0.2) is 12.2 Å². The Labute approximate surface area is 115 Å². The molecule has 4 aliphatic carbocycles. The first-order valence-corrected chi connectivity index (χ1v) is 8.01. The summed E-state index contributed by atoms with van der Waals surface area (Å²) in [6, 6.07) is 0. The number of carbonyl (C=O) groups excluding carboxylic acids is 1. The number of hydrogen-bond donors (Lipinski definition) is 0. The van der Waals surface area contributed by atoms with Crippen molar-refractivity contribution in [2.24, 2.45) is 41.4 Å². The fourth-order valence-corrected chi connectivity index (χ4v) is 5.91. The van der Waals surface area contributed by atoms with Crippen LogP contribution in [-0.4, -0.2) is 12.1 Å². The van der Waals surface area contributed by atoms with Crippen LogP contribution in [0.3, 0.4) is 0 Å². The van der Waals surface area contributed by atoms with Gasteiger partial charge >= 0.3 is 5.97 Å². The van der Waals surface area contributed by atoms with Gasteiger partial charge in [-0.2, -0.15) is 0 Å². The normalized spacial score (nSPS) is 49.1. The maximum absolute atomic E-state index is 11.9. The molecule has 0 heterocycles. The first-order valence-electron chi connectivity index (χ1n) is 8.01. The van der Waals surface area contributed by atoms with E-state index in [1.807, 2.05) is 13.8 Å². The van der Waals surface area contributed by atoms with Crippen molar-refractivity contribution in [1.29, 1.82) is 0 Å². The monoisotopic (exact) mass is 260 g/mol. The van der Waals surface area contributed by atoms with Gasteiger partial charge in [-0.3, -0.25) is 4.79 Å². The SMILES string of the molecule is CC(C)OC(=O)CC1CC2CC1C1C3C=CC(C3)C21. The van der Waals surface area contributed by atoms with Crippen molar-refractivity contribution in [3.63, 3.8) is 0 Å². The second-order valence-corrected chi connectivity index (χ2v) is 7.50. The molecule has 4 bridgehead atoms. The molecule has 0 radical (unpaired) electrons. The Morgan fingerprint density at radius 1 is 1.16 bits per heavy atom. The van der Waals surface area contributed by atoms with Crippen molar-refractivity contribution in [3.8, 4) is 0 Å². The van der Waals surface area contributed by atoms with E-state index in [-0.39, 0.29) is 12.1 Å². The van der Waals surface area contributed by atoms with Gasteiger partial charge < -0.3 is 4.74 Å². The molecule has 2 heteroatoms. The van der Waals surface area contributed by atoms with Crippen molar-refractivity contribution >= 4 is 5.97 Å². The Hall–Kier alpha value is -0.790. The third kappa shape index (κ3) is 1.71. The zero-order valence-electron chi connectivity index (χ0n) is 11.9. The lowest BCUT2D eigenvalue weighted by molar-refractivity contribution is -0.149. The highest BCUT2D eigenvalue weighted by atomic mass is 16.5. The van der Waals surface area contributed by atoms with Gasteiger partial charge in [0.25, 0.3) is 0 Å². The standard InChI is InChI=1S/C17H24O2/c1-9(2)19-15(18)8-12-6-13-7-14(12)17-11-4-3-10(5-11)16(13)17/h3-4,9-14,16-17H,5-8H2,1-2H3. The minimum atomic E-state index is 0.0304. The van der Waals surface area contributed by atoms with Crippen LogP contribution < -0.4 is 0 Å². The van der Waals surface area contributed by atoms with Crippen LogP contribution >= 0.6 is 0 Å². The van der Waals surface area contributed by atoms with Crippen LogP contribution in [-0.2, 0) is 9.53 Å². The van der Waals surface area contributed by atoms with Gasteiger partial charge in [-0.1, -0.05) is 12.2 Å². The van der Waals surface area contributed by atoms with Gasteiger partial charge in [-0.05, 0) is 74.5 Å². The fraction of sp³-hybridized carbons (Fsp3) is 0.824. The molecule has 0 aromatic rings. The molecule has 0 N–H and O–H groups in total. The Kier molecular flexibility index (Phi) is 2.59. The van der Waals surface area contributed by atoms with Crippen LogP contribution in [0.1, 0.15) is 39.5 Å². The third-order valence-corrected chi connectivity index (χ3v) is 6.20. The maximum Gasteiger partial charge on any atom is 0.306 e. The molecule has 3 saturated carbocycles. The Balaban J connectivity index is 1.45. The molecule has 4 rings (SSSR count). The average molecular weight is 260 g/mol. The second-order valence-electron chi connectivity index (χ2n) is 7.50. The van der Waals surface area contributed by atoms with E-state index in [0.717, 1.165) is 35.5 Å². The highest BCUT2D eigenvalue weighted by molar-refractivity contribution is 5.70. The quantitative estimate of drug-likeness (QED) is 0.441. The van der Waals surface area contributed by atoms with Crippen molar-refractivity contribution in [3.05, 3.63) is 12.2 Å². The van der Waals surface area contributed by atoms with E-state index in [4.69, 9.17) is 4.74 Å². The van der Waals surface area contributed by atoms with E-state index < -0.39 is 0 Å². The fourth-order valence-electron chi connectivity index (χ4n) is 5.91. The molecular formula is C17H24O2. The van der Waals surface area contributed by atoms with Crippen molar-refractivity contribution in [2.75, 3.05) is 0 Å². The van der Waals surface area contributed by atoms with Gasteiger partial charge in [0, 0.05) is 6.42 Å². The second kappa shape index (κ2) is 4.10. The Bertz CT molecular complexity index is 425. The van der Waals surface area contributed by atoms with E-state index in [1.165, 1.54) is 19.3 Å². The highest BCUT2D eigenvalue weighted by Crippen LogP contribution is 2.67. The van der Waals surface area contributed by atoms with Crippen LogP contribution in [0.2, 0.25) is 0 Å². The summed E-state index contributed by atoms with van der Waals surface area (Å²) in [6.45, 7) is 3.88. The van der Waals surface area contributed by atoms with Crippen LogP contribution in [0.4, 0.5) is 0 Å². The van der Waals surface area contributed by atoms with Gasteiger partial charge in [0.05, 0.1) is 6.10 Å². The molecule has 7 unspecified atom stereocenters. The number of fused-ring (bicyclic) bond motifs is 9. The minimum Gasteiger partial charge on any atom is -0.463 e. The molecule has 0 aromatic carbocycles. The molecule has 104 valence electrons. The zero-order valence-corrected chi connectivity index (χ0v) is 11.9. The average Bonchev–Trinajstić information content (AvgIpc) is 3.05. The van der Waals surface area contributed by atoms with Crippen molar-refractivity contribution in [1.82, 2.24) is 0 Å². The minimum absolute atomic E-state index is 0.0304. The van der Waals surface area contributed by atoms with Gasteiger partial charge in [-0.15, -0.1) is 0 Å². The zero-order chi connectivity index (χ0) is 13.1. The van der Waals surface area contributed by atoms with Gasteiger partial charge in [0.2, 0.25) is 0 Å². The first-order chi connectivity index (χ1) is 9.13. The molecule has 0 aliphatic heterocycles. The molecule has 3 fully saturated rings. The molecular weight excluding hydrogens is 236 g/mol. The lowest BCUT2D eigenvalue weighted by Gasteiger charge is -2.36. The predicted octanol–water partition coefficient (Wildman–Crippen LogP) is 3.42. The molecule has 19 heavy (non-hydrogen) atoms. The van der Waals surface area contributed by atoms with Gasteiger partial charge in [0.1, 0.15) is 0 Å². The number of carbonyl (C=O) groups is 1. The van der Waals surface area contributed by atoms with E-state index in [1.54, 1.807) is 0 Å². The molecule has 0 saturated heterocycles. The lowest BCUT2D eigenvalue weighted by atomic mass is 9.69. The molecule has 0 amide bonds. The summed E-state index contributed by atoms with van der Waals surface area (Å²) in [5.74, 6) is 5.97. The Morgan fingerprint density at radius 2 is 1.89 bits per heavy atom. The van der Waals surface area contributed by atoms with E-state index in [2.05, 4.69) is 12.2 Å². The van der Waals surface area contributed by atoms with Crippen LogP contribution in [0.5, 0.6) is 0 Å². The summed E-state index contributed by atoms with van der Waals surface area (Å²) in [5, 5.41) is 0.